The number of nitrogens with zero attached hydrogens (tertiary/aromatic N) is 1. The normalized spacial score (nSPS) is 11.0. The van der Waals surface area contributed by atoms with Crippen LogP contribution in [0.4, 0.5) is 0 Å². The van der Waals surface area contributed by atoms with Crippen LogP contribution in [0.15, 0.2) is 0 Å². The molecule has 0 aliphatic rings. The topological polar surface area (TPSA) is 43.4 Å². The average molecular weight is 258 g/mol. The van der Waals surface area contributed by atoms with E-state index in [-0.39, 0.29) is 0 Å². The fourth-order valence-electron chi connectivity index (χ4n) is 1.40. The Morgan fingerprint density at radius 2 is 2.12 bits per heavy atom. The van der Waals surface area contributed by atoms with Gasteiger partial charge in [0.25, 0.3) is 0 Å². The van der Waals surface area contributed by atoms with Gasteiger partial charge in [-0.3, -0.25) is 0 Å². The lowest BCUT2D eigenvalue weighted by Crippen LogP contribution is -2.11. The first kappa shape index (κ1) is 14.6. The van der Waals surface area contributed by atoms with Gasteiger partial charge in [-0.2, -0.15) is 0 Å². The van der Waals surface area contributed by atoms with Crippen LogP contribution < -0.4 is 5.32 Å². The van der Waals surface area contributed by atoms with Crippen molar-refractivity contribution in [2.24, 2.45) is 0 Å². The molecule has 5 heteroatoms. The summed E-state index contributed by atoms with van der Waals surface area (Å²) >= 11 is 1.78. The van der Waals surface area contributed by atoms with Crippen molar-refractivity contribution >= 4 is 11.3 Å². The van der Waals surface area contributed by atoms with E-state index in [1.54, 1.807) is 18.4 Å². The molecular weight excluding hydrogens is 236 g/mol. The Kier molecular flexibility index (Phi) is 7.35. The molecule has 0 aliphatic heterocycles. The molecule has 0 radical (unpaired) electrons. The lowest BCUT2D eigenvalue weighted by atomic mass is 10.4. The summed E-state index contributed by atoms with van der Waals surface area (Å²) in [6.45, 7) is 8.13. The molecule has 0 unspecified atom stereocenters. The third-order valence-corrected chi connectivity index (χ3v) is 3.58. The highest BCUT2D eigenvalue weighted by atomic mass is 32.1. The Labute approximate surface area is 107 Å². The van der Waals surface area contributed by atoms with E-state index in [1.165, 1.54) is 4.88 Å². The highest BCUT2D eigenvalue weighted by Gasteiger charge is 2.06. The molecule has 0 saturated heterocycles. The van der Waals surface area contributed by atoms with Crippen LogP contribution in [-0.4, -0.2) is 38.5 Å². The van der Waals surface area contributed by atoms with Crippen molar-refractivity contribution in [3.63, 3.8) is 0 Å². The minimum absolute atomic E-state index is 0.655. The smallest absolute Gasteiger partial charge is 0.0954 e. The van der Waals surface area contributed by atoms with Gasteiger partial charge in [0, 0.05) is 25.0 Å². The fourth-order valence-corrected chi connectivity index (χ4v) is 2.42. The summed E-state index contributed by atoms with van der Waals surface area (Å²) in [6.07, 6.45) is 0.890. The van der Waals surface area contributed by atoms with Crippen LogP contribution in [0, 0.1) is 6.92 Å². The number of aromatic nitrogens is 1. The SMILES string of the molecule is CCNCc1sc(CCOCCOC)nc1C. The maximum absolute atomic E-state index is 5.43. The van der Waals surface area contributed by atoms with Gasteiger partial charge >= 0.3 is 0 Å². The van der Waals surface area contributed by atoms with Gasteiger partial charge in [0.15, 0.2) is 0 Å². The lowest BCUT2D eigenvalue weighted by molar-refractivity contribution is 0.0722. The second kappa shape index (κ2) is 8.58. The van der Waals surface area contributed by atoms with Crippen LogP contribution in [0.1, 0.15) is 22.5 Å². The van der Waals surface area contributed by atoms with E-state index in [0.29, 0.717) is 13.2 Å². The summed E-state index contributed by atoms with van der Waals surface area (Å²) in [5.74, 6) is 0. The fraction of sp³-hybridized carbons (Fsp3) is 0.750. The standard InChI is InChI=1S/C12H22N2O2S/c1-4-13-9-11-10(2)14-12(17-11)5-6-16-8-7-15-3/h13H,4-9H2,1-3H3. The zero-order chi connectivity index (χ0) is 12.5. The second-order valence-electron chi connectivity index (χ2n) is 3.75. The second-order valence-corrected chi connectivity index (χ2v) is 4.92. The predicted molar refractivity (Wildman–Crippen MR) is 70.6 cm³/mol. The molecule has 0 aromatic carbocycles. The summed E-state index contributed by atoms with van der Waals surface area (Å²) in [7, 11) is 1.68. The van der Waals surface area contributed by atoms with Crippen LogP contribution in [0.25, 0.3) is 0 Å². The summed E-state index contributed by atoms with van der Waals surface area (Å²) < 4.78 is 10.3. The van der Waals surface area contributed by atoms with Crippen molar-refractivity contribution in [1.82, 2.24) is 10.3 Å². The van der Waals surface area contributed by atoms with Gasteiger partial charge in [-0.15, -0.1) is 11.3 Å². The lowest BCUT2D eigenvalue weighted by Gasteiger charge is -2.00. The first-order chi connectivity index (χ1) is 8.27. The molecule has 1 aromatic heterocycles. The molecule has 98 valence electrons. The first-order valence-electron chi connectivity index (χ1n) is 6.00. The number of nitrogens with one attached hydrogen (secondary N) is 1. The van der Waals surface area contributed by atoms with E-state index < -0.39 is 0 Å². The Morgan fingerprint density at radius 1 is 1.29 bits per heavy atom. The molecule has 0 atom stereocenters. The average Bonchev–Trinajstić information content (AvgIpc) is 2.67. The van der Waals surface area contributed by atoms with Gasteiger partial charge in [0.05, 0.1) is 30.5 Å². The third kappa shape index (κ3) is 5.59. The Balaban J connectivity index is 2.28. The number of ether oxygens (including phenoxy) is 2. The van der Waals surface area contributed by atoms with E-state index in [4.69, 9.17) is 9.47 Å². The van der Waals surface area contributed by atoms with E-state index in [2.05, 4.69) is 24.1 Å². The van der Waals surface area contributed by atoms with E-state index >= 15 is 0 Å². The van der Waals surface area contributed by atoms with Crippen LogP contribution in [-0.2, 0) is 22.4 Å². The van der Waals surface area contributed by atoms with Gasteiger partial charge in [0.2, 0.25) is 0 Å². The molecule has 4 nitrogen and oxygen atoms in total. The molecule has 0 spiro atoms. The summed E-state index contributed by atoms with van der Waals surface area (Å²) in [5, 5.41) is 4.49. The van der Waals surface area contributed by atoms with Crippen LogP contribution in [0.5, 0.6) is 0 Å². The number of aryl methyl sites for hydroxylation is 1. The highest BCUT2D eigenvalue weighted by molar-refractivity contribution is 7.11. The summed E-state index contributed by atoms with van der Waals surface area (Å²) in [4.78, 5) is 5.88. The Morgan fingerprint density at radius 3 is 2.82 bits per heavy atom. The van der Waals surface area contributed by atoms with Gasteiger partial charge in [-0.1, -0.05) is 6.92 Å². The van der Waals surface area contributed by atoms with Crippen molar-refractivity contribution in [1.29, 1.82) is 0 Å². The van der Waals surface area contributed by atoms with Crippen molar-refractivity contribution in [3.05, 3.63) is 15.6 Å². The molecule has 0 saturated carbocycles. The van der Waals surface area contributed by atoms with Gasteiger partial charge in [0.1, 0.15) is 0 Å². The molecular formula is C12H22N2O2S. The molecule has 0 amide bonds. The number of hydrogen-bond donors (Lipinski definition) is 1. The molecule has 1 aromatic rings. The van der Waals surface area contributed by atoms with Crippen LogP contribution in [0.2, 0.25) is 0 Å². The minimum Gasteiger partial charge on any atom is -0.382 e. The number of hydrogen-bond acceptors (Lipinski definition) is 5. The molecule has 1 rings (SSSR count). The molecule has 1 N–H and O–H groups in total. The van der Waals surface area contributed by atoms with Crippen molar-refractivity contribution < 1.29 is 9.47 Å². The van der Waals surface area contributed by atoms with Crippen LogP contribution >= 0.6 is 11.3 Å². The van der Waals surface area contributed by atoms with E-state index in [0.717, 1.165) is 36.8 Å². The monoisotopic (exact) mass is 258 g/mol. The van der Waals surface area contributed by atoms with Gasteiger partial charge in [-0.05, 0) is 13.5 Å². The maximum Gasteiger partial charge on any atom is 0.0954 e. The number of thiazole rings is 1. The Hall–Kier alpha value is -0.490. The van der Waals surface area contributed by atoms with E-state index in [9.17, 15) is 0 Å². The van der Waals surface area contributed by atoms with E-state index in [1.807, 2.05) is 0 Å². The van der Waals surface area contributed by atoms with Crippen molar-refractivity contribution in [2.45, 2.75) is 26.8 Å². The Bertz CT molecular complexity index is 315. The summed E-state index contributed by atoms with van der Waals surface area (Å²) in [5.41, 5.74) is 1.14. The molecule has 17 heavy (non-hydrogen) atoms. The molecule has 0 bridgehead atoms. The third-order valence-electron chi connectivity index (χ3n) is 2.36. The van der Waals surface area contributed by atoms with Gasteiger partial charge < -0.3 is 14.8 Å². The quantitative estimate of drug-likeness (QED) is 0.686. The van der Waals surface area contributed by atoms with Crippen molar-refractivity contribution in [2.75, 3.05) is 33.5 Å². The zero-order valence-corrected chi connectivity index (χ0v) is 11.7. The van der Waals surface area contributed by atoms with Crippen molar-refractivity contribution in [3.8, 4) is 0 Å². The first-order valence-corrected chi connectivity index (χ1v) is 6.82. The highest BCUT2D eigenvalue weighted by Crippen LogP contribution is 2.18. The predicted octanol–water partition coefficient (Wildman–Crippen LogP) is 1.77. The molecule has 1 heterocycles. The van der Waals surface area contributed by atoms with Gasteiger partial charge in [-0.25, -0.2) is 4.98 Å². The minimum atomic E-state index is 0.655. The van der Waals surface area contributed by atoms with Crippen LogP contribution in [0.3, 0.4) is 0 Å². The largest absolute Gasteiger partial charge is 0.382 e. The molecule has 0 aliphatic carbocycles. The summed E-state index contributed by atoms with van der Waals surface area (Å²) in [6, 6.07) is 0. The maximum atomic E-state index is 5.43. The zero-order valence-electron chi connectivity index (χ0n) is 10.9. The molecule has 0 fully saturated rings. The number of rotatable bonds is 9. The number of methoxy groups -OCH3 is 1.